The first-order valence-electron chi connectivity index (χ1n) is 6.70. The Morgan fingerprint density at radius 1 is 1.19 bits per heavy atom. The first-order chi connectivity index (χ1) is 7.66. The molecule has 2 aliphatic rings. The molecular weight excluding hydrogens is 202 g/mol. The maximum atomic E-state index is 9.98. The Labute approximate surface area is 98.8 Å². The van der Waals surface area contributed by atoms with Crippen LogP contribution in [0.1, 0.15) is 45.4 Å². The van der Waals surface area contributed by atoms with Crippen LogP contribution in [0, 0.1) is 0 Å². The first kappa shape index (κ1) is 12.3. The smallest absolute Gasteiger partial charge is 0.0706 e. The third-order valence-corrected chi connectivity index (χ3v) is 4.07. The molecule has 3 nitrogen and oxygen atoms in total. The van der Waals surface area contributed by atoms with Crippen molar-refractivity contribution in [1.29, 1.82) is 0 Å². The minimum atomic E-state index is -0.127. The number of ether oxygens (including phenoxy) is 1. The Hall–Kier alpha value is -0.120. The van der Waals surface area contributed by atoms with Gasteiger partial charge in [-0.25, -0.2) is 0 Å². The minimum Gasteiger partial charge on any atom is -0.391 e. The molecule has 1 heterocycles. The van der Waals surface area contributed by atoms with Crippen LogP contribution in [0.2, 0.25) is 0 Å². The van der Waals surface area contributed by atoms with Crippen LogP contribution >= 0.6 is 0 Å². The molecule has 0 amide bonds. The number of likely N-dealkylation sites (N-methyl/N-ethyl adjacent to an activating group) is 1. The number of nitrogens with zero attached hydrogens (tertiary/aromatic N) is 1. The maximum Gasteiger partial charge on any atom is 0.0706 e. The summed E-state index contributed by atoms with van der Waals surface area (Å²) in [5.74, 6) is 0. The first-order valence-corrected chi connectivity index (χ1v) is 6.70. The normalized spacial score (nSPS) is 40.5. The highest BCUT2D eigenvalue weighted by Crippen LogP contribution is 2.25. The molecule has 4 atom stereocenters. The van der Waals surface area contributed by atoms with Gasteiger partial charge < -0.3 is 9.84 Å². The van der Waals surface area contributed by atoms with Crippen molar-refractivity contribution in [2.75, 3.05) is 13.6 Å². The van der Waals surface area contributed by atoms with Gasteiger partial charge in [0.2, 0.25) is 0 Å². The quantitative estimate of drug-likeness (QED) is 0.798. The molecule has 0 aromatic rings. The van der Waals surface area contributed by atoms with E-state index < -0.39 is 0 Å². The predicted octanol–water partition coefficient (Wildman–Crippen LogP) is 1.79. The van der Waals surface area contributed by atoms with Crippen molar-refractivity contribution in [3.05, 3.63) is 0 Å². The van der Waals surface area contributed by atoms with E-state index in [4.69, 9.17) is 4.74 Å². The van der Waals surface area contributed by atoms with Gasteiger partial charge in [-0.05, 0) is 39.7 Å². The number of hydrogen-bond acceptors (Lipinski definition) is 3. The number of aliphatic hydroxyl groups excluding tert-OH is 1. The van der Waals surface area contributed by atoms with E-state index in [1.165, 1.54) is 25.7 Å². The highest BCUT2D eigenvalue weighted by Gasteiger charge is 2.30. The molecule has 94 valence electrons. The van der Waals surface area contributed by atoms with Crippen LogP contribution in [0.3, 0.4) is 0 Å². The van der Waals surface area contributed by atoms with Crippen molar-refractivity contribution >= 4 is 0 Å². The molecule has 4 unspecified atom stereocenters. The second-order valence-corrected chi connectivity index (χ2v) is 5.50. The van der Waals surface area contributed by atoms with Gasteiger partial charge in [-0.3, -0.25) is 4.90 Å². The Kier molecular flexibility index (Phi) is 4.22. The van der Waals surface area contributed by atoms with Gasteiger partial charge in [0.1, 0.15) is 0 Å². The van der Waals surface area contributed by atoms with E-state index in [9.17, 15) is 5.11 Å². The molecule has 0 spiro atoms. The predicted molar refractivity (Wildman–Crippen MR) is 64.5 cm³/mol. The molecule has 1 saturated carbocycles. The summed E-state index contributed by atoms with van der Waals surface area (Å²) in [6.45, 7) is 3.13. The van der Waals surface area contributed by atoms with E-state index in [-0.39, 0.29) is 6.10 Å². The lowest BCUT2D eigenvalue weighted by Crippen LogP contribution is -2.46. The Balaban J connectivity index is 1.80. The Morgan fingerprint density at radius 3 is 2.56 bits per heavy atom. The van der Waals surface area contributed by atoms with Gasteiger partial charge in [0.15, 0.2) is 0 Å². The average molecular weight is 227 g/mol. The van der Waals surface area contributed by atoms with Crippen LogP contribution < -0.4 is 0 Å². The molecule has 2 fully saturated rings. The van der Waals surface area contributed by atoms with E-state index in [1.54, 1.807) is 0 Å². The lowest BCUT2D eigenvalue weighted by molar-refractivity contribution is -0.00892. The van der Waals surface area contributed by atoms with E-state index in [1.807, 2.05) is 0 Å². The van der Waals surface area contributed by atoms with Crippen molar-refractivity contribution in [3.8, 4) is 0 Å². The van der Waals surface area contributed by atoms with Crippen molar-refractivity contribution in [3.63, 3.8) is 0 Å². The number of aliphatic hydroxyl groups is 1. The number of hydrogen-bond donors (Lipinski definition) is 1. The zero-order valence-electron chi connectivity index (χ0n) is 10.6. The monoisotopic (exact) mass is 227 g/mol. The van der Waals surface area contributed by atoms with Crippen molar-refractivity contribution in [2.45, 2.75) is 69.8 Å². The molecule has 1 N–H and O–H groups in total. The second kappa shape index (κ2) is 5.48. The molecule has 1 aliphatic heterocycles. The highest BCUT2D eigenvalue weighted by atomic mass is 16.5. The minimum absolute atomic E-state index is 0.127. The fraction of sp³-hybridized carbons (Fsp3) is 1.00. The molecule has 2 rings (SSSR count). The third-order valence-electron chi connectivity index (χ3n) is 4.07. The molecule has 0 radical (unpaired) electrons. The summed E-state index contributed by atoms with van der Waals surface area (Å²) in [6.07, 6.45) is 7.59. The van der Waals surface area contributed by atoms with Crippen molar-refractivity contribution < 1.29 is 9.84 Å². The van der Waals surface area contributed by atoms with E-state index in [0.29, 0.717) is 18.2 Å². The molecule has 3 heteroatoms. The average Bonchev–Trinajstić information content (AvgIpc) is 2.64. The van der Waals surface area contributed by atoms with Gasteiger partial charge in [-0.2, -0.15) is 0 Å². The van der Waals surface area contributed by atoms with Gasteiger partial charge in [-0.15, -0.1) is 0 Å². The Bertz CT molecular complexity index is 222. The van der Waals surface area contributed by atoms with Gasteiger partial charge >= 0.3 is 0 Å². The van der Waals surface area contributed by atoms with E-state index in [2.05, 4.69) is 18.9 Å². The summed E-state index contributed by atoms with van der Waals surface area (Å²) >= 11 is 0. The highest BCUT2D eigenvalue weighted by molar-refractivity contribution is 4.84. The van der Waals surface area contributed by atoms with Crippen LogP contribution in [0.25, 0.3) is 0 Å². The maximum absolute atomic E-state index is 9.98. The molecule has 0 aromatic heterocycles. The van der Waals surface area contributed by atoms with Crippen molar-refractivity contribution in [1.82, 2.24) is 4.90 Å². The second-order valence-electron chi connectivity index (χ2n) is 5.50. The summed E-state index contributed by atoms with van der Waals surface area (Å²) in [5, 5.41) is 9.98. The zero-order valence-corrected chi connectivity index (χ0v) is 10.6. The van der Waals surface area contributed by atoms with Crippen LogP contribution in [0.4, 0.5) is 0 Å². The fourth-order valence-corrected chi connectivity index (χ4v) is 3.08. The Morgan fingerprint density at radius 2 is 1.94 bits per heavy atom. The zero-order chi connectivity index (χ0) is 11.5. The lowest BCUT2D eigenvalue weighted by Gasteiger charge is -2.36. The topological polar surface area (TPSA) is 32.7 Å². The van der Waals surface area contributed by atoms with Gasteiger partial charge in [-0.1, -0.05) is 12.8 Å². The molecule has 0 aromatic carbocycles. The summed E-state index contributed by atoms with van der Waals surface area (Å²) in [5.41, 5.74) is 0. The van der Waals surface area contributed by atoms with E-state index >= 15 is 0 Å². The molecule has 1 saturated heterocycles. The summed E-state index contributed by atoms with van der Waals surface area (Å²) < 4.78 is 5.83. The van der Waals surface area contributed by atoms with E-state index in [0.717, 1.165) is 19.4 Å². The summed E-state index contributed by atoms with van der Waals surface area (Å²) in [6, 6.07) is 0.355. The van der Waals surface area contributed by atoms with Crippen LogP contribution in [0.5, 0.6) is 0 Å². The van der Waals surface area contributed by atoms with Gasteiger partial charge in [0, 0.05) is 12.6 Å². The van der Waals surface area contributed by atoms with Crippen LogP contribution in [-0.4, -0.2) is 48.0 Å². The molecule has 16 heavy (non-hydrogen) atoms. The number of rotatable bonds is 3. The third kappa shape index (κ3) is 2.96. The fourth-order valence-electron chi connectivity index (χ4n) is 3.08. The van der Waals surface area contributed by atoms with Crippen molar-refractivity contribution in [2.24, 2.45) is 0 Å². The summed E-state index contributed by atoms with van der Waals surface area (Å²) in [7, 11) is 2.13. The van der Waals surface area contributed by atoms with Crippen LogP contribution in [0.15, 0.2) is 0 Å². The SMILES string of the molecule is CC1CCC(CN(C)C2CCCCC2O)O1. The standard InChI is InChI=1S/C13H25NO2/c1-10-7-8-11(16-10)9-14(2)12-5-3-4-6-13(12)15/h10-13,15H,3-9H2,1-2H3. The van der Waals surface area contributed by atoms with Gasteiger partial charge in [0.05, 0.1) is 18.3 Å². The largest absolute Gasteiger partial charge is 0.391 e. The van der Waals surface area contributed by atoms with Crippen LogP contribution in [-0.2, 0) is 4.74 Å². The molecule has 0 bridgehead atoms. The lowest BCUT2D eigenvalue weighted by atomic mass is 9.91. The molecule has 1 aliphatic carbocycles. The summed E-state index contributed by atoms with van der Waals surface area (Å²) in [4.78, 5) is 2.31. The van der Waals surface area contributed by atoms with Gasteiger partial charge in [0.25, 0.3) is 0 Å². The molecular formula is C13H25NO2.